The maximum absolute atomic E-state index is 12.0. The number of unbranched alkanes of at least 4 members (excludes halogenated alkanes) is 16. The van der Waals surface area contributed by atoms with E-state index in [4.69, 9.17) is 14.6 Å². The molecule has 1 unspecified atom stereocenters. The largest absolute Gasteiger partial charge is 0.396 e. The van der Waals surface area contributed by atoms with Gasteiger partial charge in [-0.3, -0.25) is 0 Å². The Kier molecular flexibility index (Phi) is 23.8. The van der Waals surface area contributed by atoms with Gasteiger partial charge in [-0.15, -0.1) is 0 Å². The van der Waals surface area contributed by atoms with Crippen LogP contribution < -0.4 is 0 Å². The third kappa shape index (κ3) is 23.0. The van der Waals surface area contributed by atoms with Crippen LogP contribution in [-0.4, -0.2) is 58.1 Å². The summed E-state index contributed by atoms with van der Waals surface area (Å²) in [5, 5.41) is 8.77. The first-order chi connectivity index (χ1) is 15.6. The molecule has 0 bridgehead atoms. The number of ether oxygens (including phenoxy) is 2. The van der Waals surface area contributed by atoms with Crippen LogP contribution in [0.4, 0.5) is 0 Å². The summed E-state index contributed by atoms with van der Waals surface area (Å²) in [7, 11) is -1.62. The second-order valence-electron chi connectivity index (χ2n) is 9.28. The van der Waals surface area contributed by atoms with Crippen LogP contribution in [-0.2, 0) is 19.3 Å². The molecule has 0 aromatic rings. The standard InChI is InChI=1S/C26H54O5S/c1-3-4-5-6-7-8-9-10-11-12-13-14-15-16-17-19-22-31-24-26(30-2)25-32(28,29)23-20-18-21-27/h26-27H,3-25H2,1-2H3. The Hall–Kier alpha value is -0.170. The van der Waals surface area contributed by atoms with Crippen molar-refractivity contribution in [1.82, 2.24) is 0 Å². The lowest BCUT2D eigenvalue weighted by Crippen LogP contribution is -2.29. The van der Waals surface area contributed by atoms with E-state index in [2.05, 4.69) is 6.92 Å². The fourth-order valence-electron chi connectivity index (χ4n) is 3.95. The van der Waals surface area contributed by atoms with Crippen molar-refractivity contribution < 1.29 is 23.0 Å². The number of hydrogen-bond acceptors (Lipinski definition) is 5. The number of sulfone groups is 1. The molecule has 0 fully saturated rings. The van der Waals surface area contributed by atoms with Gasteiger partial charge < -0.3 is 14.6 Å². The molecule has 32 heavy (non-hydrogen) atoms. The zero-order valence-corrected chi connectivity index (χ0v) is 22.1. The molecule has 0 amide bonds. The molecule has 6 heteroatoms. The average Bonchev–Trinajstić information content (AvgIpc) is 2.77. The molecule has 0 aliphatic heterocycles. The molecule has 5 nitrogen and oxygen atoms in total. The van der Waals surface area contributed by atoms with Gasteiger partial charge in [0, 0.05) is 20.3 Å². The van der Waals surface area contributed by atoms with Gasteiger partial charge in [-0.05, 0) is 19.3 Å². The highest BCUT2D eigenvalue weighted by Crippen LogP contribution is 2.13. The minimum Gasteiger partial charge on any atom is -0.396 e. The summed E-state index contributed by atoms with van der Waals surface area (Å²) in [6, 6.07) is 0. The zero-order chi connectivity index (χ0) is 23.8. The van der Waals surface area contributed by atoms with Crippen LogP contribution in [0.2, 0.25) is 0 Å². The van der Waals surface area contributed by atoms with Gasteiger partial charge in [0.25, 0.3) is 0 Å². The highest BCUT2D eigenvalue weighted by atomic mass is 32.2. The molecule has 0 aromatic heterocycles. The minimum absolute atomic E-state index is 0.00606. The van der Waals surface area contributed by atoms with Crippen LogP contribution in [0.15, 0.2) is 0 Å². The lowest BCUT2D eigenvalue weighted by Gasteiger charge is -2.15. The maximum atomic E-state index is 12.0. The van der Waals surface area contributed by atoms with Gasteiger partial charge in [0.1, 0.15) is 0 Å². The van der Waals surface area contributed by atoms with Crippen molar-refractivity contribution in [3.05, 3.63) is 0 Å². The summed E-state index contributed by atoms with van der Waals surface area (Å²) < 4.78 is 35.0. The monoisotopic (exact) mass is 478 g/mol. The molecular formula is C26H54O5S. The summed E-state index contributed by atoms with van der Waals surface area (Å²) in [6.45, 7) is 3.31. The molecular weight excluding hydrogens is 424 g/mol. The minimum atomic E-state index is -3.16. The lowest BCUT2D eigenvalue weighted by molar-refractivity contribution is 0.0190. The Bertz CT molecular complexity index is 467. The number of hydrogen-bond donors (Lipinski definition) is 1. The molecule has 0 heterocycles. The second-order valence-corrected chi connectivity index (χ2v) is 11.5. The van der Waals surface area contributed by atoms with E-state index in [1.807, 2.05) is 0 Å². The summed E-state index contributed by atoms with van der Waals surface area (Å²) >= 11 is 0. The number of aliphatic hydroxyl groups is 1. The van der Waals surface area contributed by atoms with Gasteiger partial charge in [-0.1, -0.05) is 103 Å². The van der Waals surface area contributed by atoms with E-state index in [0.29, 0.717) is 26.1 Å². The topological polar surface area (TPSA) is 72.8 Å². The van der Waals surface area contributed by atoms with Crippen molar-refractivity contribution in [1.29, 1.82) is 0 Å². The van der Waals surface area contributed by atoms with E-state index < -0.39 is 15.9 Å². The molecule has 194 valence electrons. The molecule has 0 saturated heterocycles. The van der Waals surface area contributed by atoms with Gasteiger partial charge in [0.05, 0.1) is 24.2 Å². The Morgan fingerprint density at radius 1 is 0.688 bits per heavy atom. The second kappa shape index (κ2) is 24.0. The Morgan fingerprint density at radius 2 is 1.16 bits per heavy atom. The Balaban J connectivity index is 3.40. The third-order valence-corrected chi connectivity index (χ3v) is 7.87. The van der Waals surface area contributed by atoms with E-state index >= 15 is 0 Å². The van der Waals surface area contributed by atoms with Crippen LogP contribution in [0.3, 0.4) is 0 Å². The van der Waals surface area contributed by atoms with E-state index in [0.717, 1.165) is 6.42 Å². The van der Waals surface area contributed by atoms with Crippen molar-refractivity contribution in [2.24, 2.45) is 0 Å². The van der Waals surface area contributed by atoms with Gasteiger partial charge in [-0.25, -0.2) is 8.42 Å². The number of rotatable bonds is 26. The normalized spacial score (nSPS) is 13.0. The van der Waals surface area contributed by atoms with Crippen molar-refractivity contribution >= 4 is 9.84 Å². The molecule has 0 aliphatic rings. The SMILES string of the molecule is CCCCCCCCCCCCCCCCCCOCC(CS(=O)(=O)CCCCO)OC. The van der Waals surface area contributed by atoms with Crippen molar-refractivity contribution in [2.75, 3.05) is 38.4 Å². The van der Waals surface area contributed by atoms with Gasteiger partial charge in [0.2, 0.25) is 0 Å². The molecule has 0 rings (SSSR count). The summed E-state index contributed by atoms with van der Waals surface area (Å²) in [5.74, 6) is 0.0977. The van der Waals surface area contributed by atoms with Crippen LogP contribution >= 0.6 is 0 Å². The highest BCUT2D eigenvalue weighted by Gasteiger charge is 2.19. The van der Waals surface area contributed by atoms with E-state index in [1.54, 1.807) is 0 Å². The van der Waals surface area contributed by atoms with E-state index in [9.17, 15) is 8.42 Å². The Labute approximate surface area is 200 Å². The maximum Gasteiger partial charge on any atom is 0.152 e. The summed E-state index contributed by atoms with van der Waals surface area (Å²) in [6.07, 6.45) is 22.2. The smallest absolute Gasteiger partial charge is 0.152 e. The molecule has 1 N–H and O–H groups in total. The number of methoxy groups -OCH3 is 1. The Morgan fingerprint density at radius 3 is 1.59 bits per heavy atom. The summed E-state index contributed by atoms with van der Waals surface area (Å²) in [4.78, 5) is 0. The van der Waals surface area contributed by atoms with Crippen molar-refractivity contribution in [2.45, 2.75) is 129 Å². The molecule has 0 saturated carbocycles. The fourth-order valence-corrected chi connectivity index (χ4v) is 5.56. The van der Waals surface area contributed by atoms with Gasteiger partial charge in [0.15, 0.2) is 9.84 Å². The molecule has 0 aromatic carbocycles. The van der Waals surface area contributed by atoms with E-state index in [1.165, 1.54) is 103 Å². The average molecular weight is 479 g/mol. The van der Waals surface area contributed by atoms with Crippen molar-refractivity contribution in [3.8, 4) is 0 Å². The lowest BCUT2D eigenvalue weighted by atomic mass is 10.0. The van der Waals surface area contributed by atoms with Crippen LogP contribution in [0.5, 0.6) is 0 Å². The predicted molar refractivity (Wildman–Crippen MR) is 136 cm³/mol. The molecule has 0 spiro atoms. The highest BCUT2D eigenvalue weighted by molar-refractivity contribution is 7.91. The van der Waals surface area contributed by atoms with E-state index in [-0.39, 0.29) is 18.1 Å². The number of aliphatic hydroxyl groups excluding tert-OH is 1. The first kappa shape index (κ1) is 31.8. The molecule has 0 radical (unpaired) electrons. The molecule has 1 atom stereocenters. The van der Waals surface area contributed by atoms with Gasteiger partial charge >= 0.3 is 0 Å². The summed E-state index contributed by atoms with van der Waals surface area (Å²) in [5.41, 5.74) is 0. The third-order valence-electron chi connectivity index (χ3n) is 6.08. The fraction of sp³-hybridized carbons (Fsp3) is 1.00. The first-order valence-corrected chi connectivity index (χ1v) is 15.3. The van der Waals surface area contributed by atoms with Gasteiger partial charge in [-0.2, -0.15) is 0 Å². The first-order valence-electron chi connectivity index (χ1n) is 13.5. The zero-order valence-electron chi connectivity index (χ0n) is 21.3. The quantitative estimate of drug-likeness (QED) is 0.144. The van der Waals surface area contributed by atoms with Crippen LogP contribution in [0.25, 0.3) is 0 Å². The van der Waals surface area contributed by atoms with Crippen molar-refractivity contribution in [3.63, 3.8) is 0 Å². The molecule has 0 aliphatic carbocycles. The van der Waals surface area contributed by atoms with Crippen LogP contribution in [0, 0.1) is 0 Å². The van der Waals surface area contributed by atoms with Crippen LogP contribution in [0.1, 0.15) is 122 Å². The predicted octanol–water partition coefficient (Wildman–Crippen LogP) is 6.47.